The van der Waals surface area contributed by atoms with E-state index in [0.717, 1.165) is 10.8 Å². The Hall–Kier alpha value is -3.33. The molecule has 2 N–H and O–H groups in total. The second kappa shape index (κ2) is 10.3. The molecular weight excluding hydrogens is 396 g/mol. The van der Waals surface area contributed by atoms with E-state index < -0.39 is 9.84 Å². The van der Waals surface area contributed by atoms with Gasteiger partial charge in [-0.2, -0.15) is 0 Å². The Morgan fingerprint density at radius 1 is 0.690 bits per heavy atom. The predicted octanol–water partition coefficient (Wildman–Crippen LogP) is 3.60. The maximum absolute atomic E-state index is 12.2. The van der Waals surface area contributed by atoms with Crippen LogP contribution in [0.15, 0.2) is 59.6 Å². The standard InChI is InChI=1S/C20H24N2O6S/c1-25-15-5-7-19(27-3)17(13-15)21-9-11-29(23,24)12-10-22-18-14-16(26-2)6-8-20(18)28-4/h5-14,21-22H,1-4H3. The van der Waals surface area contributed by atoms with Gasteiger partial charge in [-0.15, -0.1) is 0 Å². The van der Waals surface area contributed by atoms with E-state index >= 15 is 0 Å². The first-order valence-corrected chi connectivity index (χ1v) is 10.1. The average molecular weight is 420 g/mol. The van der Waals surface area contributed by atoms with E-state index in [1.165, 1.54) is 26.6 Å². The molecule has 0 spiro atoms. The molecule has 0 aromatic heterocycles. The zero-order valence-corrected chi connectivity index (χ0v) is 17.4. The Morgan fingerprint density at radius 2 is 1.10 bits per heavy atom. The SMILES string of the molecule is COc1ccc(OC)c(NC=CS(=O)(=O)C=CNc2cc(OC)ccc2OC)c1. The summed E-state index contributed by atoms with van der Waals surface area (Å²) in [5.41, 5.74) is 1.14. The van der Waals surface area contributed by atoms with E-state index in [-0.39, 0.29) is 0 Å². The van der Waals surface area contributed by atoms with E-state index in [1.807, 2.05) is 0 Å². The van der Waals surface area contributed by atoms with Crippen LogP contribution in [0.3, 0.4) is 0 Å². The van der Waals surface area contributed by atoms with E-state index in [1.54, 1.807) is 50.6 Å². The minimum Gasteiger partial charge on any atom is -0.497 e. The molecule has 0 aliphatic rings. The maximum atomic E-state index is 12.2. The van der Waals surface area contributed by atoms with Gasteiger partial charge >= 0.3 is 0 Å². The van der Waals surface area contributed by atoms with Gasteiger partial charge in [-0.1, -0.05) is 0 Å². The number of benzene rings is 2. The van der Waals surface area contributed by atoms with Crippen molar-refractivity contribution in [3.8, 4) is 23.0 Å². The summed E-state index contributed by atoms with van der Waals surface area (Å²) in [6.07, 6.45) is 2.62. The first kappa shape index (κ1) is 22.0. The highest BCUT2D eigenvalue weighted by molar-refractivity contribution is 7.97. The summed E-state index contributed by atoms with van der Waals surface area (Å²) in [6.45, 7) is 0. The van der Waals surface area contributed by atoms with Crippen LogP contribution in [0, 0.1) is 0 Å². The molecule has 0 bridgehead atoms. The van der Waals surface area contributed by atoms with Crippen LogP contribution in [0.4, 0.5) is 11.4 Å². The van der Waals surface area contributed by atoms with Crippen molar-refractivity contribution < 1.29 is 27.4 Å². The lowest BCUT2D eigenvalue weighted by Crippen LogP contribution is -1.98. The molecule has 2 aromatic rings. The molecule has 0 amide bonds. The number of ether oxygens (including phenoxy) is 4. The van der Waals surface area contributed by atoms with Crippen molar-refractivity contribution in [2.45, 2.75) is 0 Å². The molecule has 0 fully saturated rings. The van der Waals surface area contributed by atoms with Gasteiger partial charge < -0.3 is 29.6 Å². The highest BCUT2D eigenvalue weighted by Crippen LogP contribution is 2.29. The molecule has 0 aliphatic heterocycles. The summed E-state index contributed by atoms with van der Waals surface area (Å²) in [6, 6.07) is 10.3. The van der Waals surface area contributed by atoms with E-state index in [4.69, 9.17) is 18.9 Å². The van der Waals surface area contributed by atoms with E-state index in [0.29, 0.717) is 34.4 Å². The molecule has 8 nitrogen and oxygen atoms in total. The first-order valence-electron chi connectivity index (χ1n) is 8.47. The molecule has 0 aliphatic carbocycles. The molecule has 2 rings (SSSR count). The highest BCUT2D eigenvalue weighted by atomic mass is 32.2. The van der Waals surface area contributed by atoms with Crippen LogP contribution in [0.1, 0.15) is 0 Å². The molecule has 0 saturated carbocycles. The third-order valence-electron chi connectivity index (χ3n) is 3.81. The molecule has 9 heteroatoms. The van der Waals surface area contributed by atoms with Crippen molar-refractivity contribution in [3.05, 3.63) is 59.6 Å². The quantitative estimate of drug-likeness (QED) is 0.602. The minimum absolute atomic E-state index is 0.551. The molecule has 0 atom stereocenters. The van der Waals surface area contributed by atoms with Crippen LogP contribution in [0.25, 0.3) is 0 Å². The summed E-state index contributed by atoms with van der Waals surface area (Å²) in [5.74, 6) is 2.33. The fourth-order valence-electron chi connectivity index (χ4n) is 2.34. The number of sulfone groups is 1. The van der Waals surface area contributed by atoms with Crippen LogP contribution >= 0.6 is 0 Å². The lowest BCUT2D eigenvalue weighted by molar-refractivity contribution is 0.405. The minimum atomic E-state index is -3.62. The summed E-state index contributed by atoms with van der Waals surface area (Å²) < 4.78 is 45.2. The van der Waals surface area contributed by atoms with E-state index in [2.05, 4.69) is 10.6 Å². The fraction of sp³-hybridized carbons (Fsp3) is 0.200. The molecule has 0 radical (unpaired) electrons. The van der Waals surface area contributed by atoms with Gasteiger partial charge in [-0.05, 0) is 24.3 Å². The summed E-state index contributed by atoms with van der Waals surface area (Å²) in [4.78, 5) is 0. The Bertz CT molecular complexity index is 913. The summed E-state index contributed by atoms with van der Waals surface area (Å²) >= 11 is 0. The third-order valence-corrected chi connectivity index (χ3v) is 4.84. The average Bonchev–Trinajstić information content (AvgIpc) is 2.73. The smallest absolute Gasteiger partial charge is 0.195 e. The number of anilines is 2. The third kappa shape index (κ3) is 6.35. The lowest BCUT2D eigenvalue weighted by Gasteiger charge is -2.10. The zero-order valence-electron chi connectivity index (χ0n) is 16.6. The van der Waals surface area contributed by atoms with Gasteiger partial charge in [0.15, 0.2) is 9.84 Å². The summed E-state index contributed by atoms with van der Waals surface area (Å²) in [5, 5.41) is 7.83. The van der Waals surface area contributed by atoms with Gasteiger partial charge in [0.05, 0.1) is 50.6 Å². The second-order valence-electron chi connectivity index (χ2n) is 5.62. The zero-order chi connectivity index (χ0) is 21.3. The van der Waals surface area contributed by atoms with Crippen molar-refractivity contribution in [3.63, 3.8) is 0 Å². The van der Waals surface area contributed by atoms with Crippen molar-refractivity contribution in [2.24, 2.45) is 0 Å². The molecule has 0 unspecified atom stereocenters. The monoisotopic (exact) mass is 420 g/mol. The van der Waals surface area contributed by atoms with Crippen LogP contribution in [0.5, 0.6) is 23.0 Å². The molecule has 0 heterocycles. The van der Waals surface area contributed by atoms with Crippen LogP contribution in [-0.4, -0.2) is 36.9 Å². The topological polar surface area (TPSA) is 95.1 Å². The summed E-state index contributed by atoms with van der Waals surface area (Å²) in [7, 11) is 2.51. The van der Waals surface area contributed by atoms with Gasteiger partial charge in [-0.25, -0.2) is 8.42 Å². The molecular formula is C20H24N2O6S. The van der Waals surface area contributed by atoms with Crippen LogP contribution in [0.2, 0.25) is 0 Å². The predicted molar refractivity (Wildman–Crippen MR) is 114 cm³/mol. The molecule has 156 valence electrons. The number of hydrogen-bond donors (Lipinski definition) is 2. The fourth-order valence-corrected chi connectivity index (χ4v) is 2.94. The number of methoxy groups -OCH3 is 4. The maximum Gasteiger partial charge on any atom is 0.195 e. The van der Waals surface area contributed by atoms with Gasteiger partial charge in [0.2, 0.25) is 0 Å². The lowest BCUT2D eigenvalue weighted by atomic mass is 10.2. The Balaban J connectivity index is 2.07. The van der Waals surface area contributed by atoms with Crippen LogP contribution in [-0.2, 0) is 9.84 Å². The first-order chi connectivity index (χ1) is 13.9. The molecule has 0 saturated heterocycles. The van der Waals surface area contributed by atoms with Crippen molar-refractivity contribution in [2.75, 3.05) is 39.1 Å². The Labute approximate surface area is 170 Å². The van der Waals surface area contributed by atoms with Gasteiger partial charge in [0.25, 0.3) is 0 Å². The Morgan fingerprint density at radius 3 is 1.45 bits per heavy atom. The molecule has 2 aromatic carbocycles. The number of hydrogen-bond acceptors (Lipinski definition) is 8. The van der Waals surface area contributed by atoms with E-state index in [9.17, 15) is 8.42 Å². The molecule has 29 heavy (non-hydrogen) atoms. The second-order valence-corrected chi connectivity index (χ2v) is 7.34. The van der Waals surface area contributed by atoms with Gasteiger partial charge in [0.1, 0.15) is 23.0 Å². The van der Waals surface area contributed by atoms with Gasteiger partial charge in [0, 0.05) is 24.5 Å². The Kier molecular flexibility index (Phi) is 7.79. The van der Waals surface area contributed by atoms with Gasteiger partial charge in [-0.3, -0.25) is 0 Å². The largest absolute Gasteiger partial charge is 0.497 e. The number of rotatable bonds is 10. The van der Waals surface area contributed by atoms with Crippen molar-refractivity contribution in [1.29, 1.82) is 0 Å². The normalized spacial score (nSPS) is 11.4. The number of nitrogens with one attached hydrogen (secondary N) is 2. The van der Waals surface area contributed by atoms with Crippen molar-refractivity contribution in [1.82, 2.24) is 0 Å². The van der Waals surface area contributed by atoms with Crippen LogP contribution < -0.4 is 29.6 Å². The highest BCUT2D eigenvalue weighted by Gasteiger charge is 2.06. The van der Waals surface area contributed by atoms with Crippen molar-refractivity contribution >= 4 is 21.2 Å².